The molecule has 2 aromatic carbocycles. The van der Waals surface area contributed by atoms with Gasteiger partial charge in [-0.1, -0.05) is 18.2 Å². The maximum atomic E-state index is 13.2. The maximum absolute atomic E-state index is 13.2. The minimum atomic E-state index is -0.960. The van der Waals surface area contributed by atoms with Crippen molar-refractivity contribution in [2.24, 2.45) is 0 Å². The lowest BCUT2D eigenvalue weighted by molar-refractivity contribution is 0.102. The number of hydrogen-bond acceptors (Lipinski definition) is 3. The Balaban J connectivity index is 1.76. The van der Waals surface area contributed by atoms with E-state index < -0.39 is 11.6 Å². The van der Waals surface area contributed by atoms with Crippen LogP contribution in [0.3, 0.4) is 0 Å². The number of amides is 1. The summed E-state index contributed by atoms with van der Waals surface area (Å²) in [6.07, 6.45) is 1.46. The van der Waals surface area contributed by atoms with E-state index >= 15 is 0 Å². The van der Waals surface area contributed by atoms with Gasteiger partial charge >= 0.3 is 0 Å². The van der Waals surface area contributed by atoms with Gasteiger partial charge in [-0.2, -0.15) is 0 Å². The number of para-hydroxylation sites is 1. The number of carbonyl (C=O) groups is 1. The average Bonchev–Trinajstić information content (AvgIpc) is 2.59. The Morgan fingerprint density at radius 2 is 1.67 bits per heavy atom. The van der Waals surface area contributed by atoms with Crippen molar-refractivity contribution in [2.75, 3.05) is 10.6 Å². The number of benzene rings is 2. The van der Waals surface area contributed by atoms with Crippen molar-refractivity contribution >= 4 is 23.1 Å². The topological polar surface area (TPSA) is 54.0 Å². The Kier molecular flexibility index (Phi) is 4.47. The fraction of sp³-hybridized carbons (Fsp3) is 0. The molecule has 0 fully saturated rings. The number of rotatable bonds is 4. The number of nitrogens with zero attached hydrogens (tertiary/aromatic N) is 1. The monoisotopic (exact) mass is 325 g/mol. The summed E-state index contributed by atoms with van der Waals surface area (Å²) in [7, 11) is 0. The molecular weight excluding hydrogens is 312 g/mol. The second-order valence-corrected chi connectivity index (χ2v) is 5.00. The summed E-state index contributed by atoms with van der Waals surface area (Å²) in [5, 5.41) is 5.60. The van der Waals surface area contributed by atoms with Gasteiger partial charge in [-0.15, -0.1) is 0 Å². The fourth-order valence-corrected chi connectivity index (χ4v) is 2.09. The van der Waals surface area contributed by atoms with Gasteiger partial charge in [0, 0.05) is 29.2 Å². The van der Waals surface area contributed by atoms with Crippen LogP contribution in [0.15, 0.2) is 66.9 Å². The van der Waals surface area contributed by atoms with E-state index in [9.17, 15) is 13.6 Å². The molecule has 0 atom stereocenters. The first-order valence-electron chi connectivity index (χ1n) is 7.16. The predicted octanol–water partition coefficient (Wildman–Crippen LogP) is 4.36. The smallest absolute Gasteiger partial charge is 0.255 e. The Morgan fingerprint density at radius 3 is 2.42 bits per heavy atom. The van der Waals surface area contributed by atoms with Gasteiger partial charge in [-0.05, 0) is 36.4 Å². The van der Waals surface area contributed by atoms with Crippen molar-refractivity contribution in [3.8, 4) is 0 Å². The number of carbonyl (C=O) groups excluding carboxylic acids is 1. The molecule has 0 radical (unpaired) electrons. The van der Waals surface area contributed by atoms with Gasteiger partial charge in [0.05, 0.1) is 0 Å². The Hall–Kier alpha value is -3.28. The Morgan fingerprint density at radius 1 is 0.875 bits per heavy atom. The normalized spacial score (nSPS) is 10.2. The third-order valence-electron chi connectivity index (χ3n) is 3.25. The lowest BCUT2D eigenvalue weighted by Crippen LogP contribution is -2.12. The van der Waals surface area contributed by atoms with Crippen LogP contribution in [0, 0.1) is 11.6 Å². The highest BCUT2D eigenvalue weighted by Gasteiger charge is 2.08. The first-order chi connectivity index (χ1) is 11.6. The van der Waals surface area contributed by atoms with E-state index in [2.05, 4.69) is 15.6 Å². The zero-order valence-corrected chi connectivity index (χ0v) is 12.5. The summed E-state index contributed by atoms with van der Waals surface area (Å²) in [5.74, 6) is -1.83. The number of pyridine rings is 1. The van der Waals surface area contributed by atoms with Crippen molar-refractivity contribution < 1.29 is 13.6 Å². The van der Waals surface area contributed by atoms with E-state index in [1.807, 2.05) is 18.2 Å². The maximum Gasteiger partial charge on any atom is 0.255 e. The highest BCUT2D eigenvalue weighted by molar-refractivity contribution is 6.04. The molecule has 2 N–H and O–H groups in total. The van der Waals surface area contributed by atoms with E-state index in [1.54, 1.807) is 18.2 Å². The molecule has 0 aliphatic carbocycles. The van der Waals surface area contributed by atoms with Crippen molar-refractivity contribution in [1.29, 1.82) is 0 Å². The van der Waals surface area contributed by atoms with Crippen LogP contribution in [0.4, 0.5) is 26.0 Å². The summed E-state index contributed by atoms with van der Waals surface area (Å²) < 4.78 is 26.2. The molecular formula is C18H13F2N3O. The number of hydrogen-bond donors (Lipinski definition) is 2. The molecule has 0 saturated heterocycles. The zero-order chi connectivity index (χ0) is 16.9. The average molecular weight is 325 g/mol. The van der Waals surface area contributed by atoms with Crippen LogP contribution in [0.1, 0.15) is 10.4 Å². The molecule has 3 rings (SSSR count). The van der Waals surface area contributed by atoms with Gasteiger partial charge in [-0.25, -0.2) is 13.8 Å². The lowest BCUT2D eigenvalue weighted by atomic mass is 10.2. The second-order valence-electron chi connectivity index (χ2n) is 5.00. The van der Waals surface area contributed by atoms with E-state index in [0.717, 1.165) is 12.1 Å². The summed E-state index contributed by atoms with van der Waals surface area (Å²) in [4.78, 5) is 16.3. The molecule has 1 amide bonds. The summed E-state index contributed by atoms with van der Waals surface area (Å²) in [6, 6.07) is 15.6. The molecule has 0 unspecified atom stereocenters. The molecule has 1 aromatic heterocycles. The van der Waals surface area contributed by atoms with Gasteiger partial charge in [0.1, 0.15) is 5.82 Å². The van der Waals surface area contributed by atoms with Gasteiger partial charge in [0.15, 0.2) is 11.6 Å². The predicted molar refractivity (Wildman–Crippen MR) is 88.3 cm³/mol. The SMILES string of the molecule is O=C(Nc1ccccc1)c1ccnc(Nc2ccc(F)c(F)c2)c1. The quantitative estimate of drug-likeness (QED) is 0.749. The van der Waals surface area contributed by atoms with E-state index in [4.69, 9.17) is 0 Å². The molecule has 0 aliphatic heterocycles. The summed E-state index contributed by atoms with van der Waals surface area (Å²) in [6.45, 7) is 0. The van der Waals surface area contributed by atoms with E-state index in [-0.39, 0.29) is 5.91 Å². The van der Waals surface area contributed by atoms with Gasteiger partial charge in [0.25, 0.3) is 5.91 Å². The standard InChI is InChI=1S/C18H13F2N3O/c19-15-7-6-14(11-16(15)20)22-17-10-12(8-9-21-17)18(24)23-13-4-2-1-3-5-13/h1-11H,(H,21,22)(H,23,24). The van der Waals surface area contributed by atoms with Crippen molar-refractivity contribution in [3.63, 3.8) is 0 Å². The fourth-order valence-electron chi connectivity index (χ4n) is 2.09. The molecule has 0 spiro atoms. The first kappa shape index (κ1) is 15.6. The van der Waals surface area contributed by atoms with Crippen LogP contribution >= 0.6 is 0 Å². The van der Waals surface area contributed by atoms with Crippen molar-refractivity contribution in [3.05, 3.63) is 84.1 Å². The molecule has 6 heteroatoms. The minimum absolute atomic E-state index is 0.295. The zero-order valence-electron chi connectivity index (χ0n) is 12.5. The minimum Gasteiger partial charge on any atom is -0.340 e. The van der Waals surface area contributed by atoms with Gasteiger partial charge in [0.2, 0.25) is 0 Å². The third-order valence-corrected chi connectivity index (χ3v) is 3.25. The largest absolute Gasteiger partial charge is 0.340 e. The highest BCUT2D eigenvalue weighted by atomic mass is 19.2. The molecule has 0 bridgehead atoms. The van der Waals surface area contributed by atoms with Crippen LogP contribution in [-0.2, 0) is 0 Å². The van der Waals surface area contributed by atoms with Crippen LogP contribution in [0.5, 0.6) is 0 Å². The molecule has 0 saturated carbocycles. The number of nitrogens with one attached hydrogen (secondary N) is 2. The summed E-state index contributed by atoms with van der Waals surface area (Å²) >= 11 is 0. The Labute approximate surface area is 137 Å². The van der Waals surface area contributed by atoms with Crippen LogP contribution < -0.4 is 10.6 Å². The third kappa shape index (κ3) is 3.73. The molecule has 4 nitrogen and oxygen atoms in total. The van der Waals surface area contributed by atoms with Crippen LogP contribution in [-0.4, -0.2) is 10.9 Å². The molecule has 120 valence electrons. The van der Waals surface area contributed by atoms with Crippen LogP contribution in [0.25, 0.3) is 0 Å². The van der Waals surface area contributed by atoms with E-state index in [1.165, 1.54) is 18.3 Å². The number of anilines is 3. The number of aromatic nitrogens is 1. The van der Waals surface area contributed by atoms with Crippen LogP contribution in [0.2, 0.25) is 0 Å². The van der Waals surface area contributed by atoms with Gasteiger partial charge in [-0.3, -0.25) is 4.79 Å². The van der Waals surface area contributed by atoms with Crippen molar-refractivity contribution in [2.45, 2.75) is 0 Å². The first-order valence-corrected chi connectivity index (χ1v) is 7.16. The molecule has 0 aliphatic rings. The number of halogens is 2. The second kappa shape index (κ2) is 6.87. The molecule has 3 aromatic rings. The lowest BCUT2D eigenvalue weighted by Gasteiger charge is -2.08. The molecule has 1 heterocycles. The van der Waals surface area contributed by atoms with E-state index in [0.29, 0.717) is 22.8 Å². The van der Waals surface area contributed by atoms with Crippen molar-refractivity contribution in [1.82, 2.24) is 4.98 Å². The summed E-state index contributed by atoms with van der Waals surface area (Å²) in [5.41, 5.74) is 1.40. The Bertz CT molecular complexity index is 869. The van der Waals surface area contributed by atoms with Gasteiger partial charge < -0.3 is 10.6 Å². The highest BCUT2D eigenvalue weighted by Crippen LogP contribution is 2.18. The molecule has 24 heavy (non-hydrogen) atoms.